The lowest BCUT2D eigenvalue weighted by atomic mass is 10.1. The van der Waals surface area contributed by atoms with Crippen molar-refractivity contribution in [1.29, 1.82) is 0 Å². The molecular formula is C20H33N3O3. The quantitative estimate of drug-likeness (QED) is 0.697. The lowest BCUT2D eigenvalue weighted by molar-refractivity contribution is -0.121. The first-order valence-corrected chi connectivity index (χ1v) is 9.87. The summed E-state index contributed by atoms with van der Waals surface area (Å²) in [7, 11) is 0. The number of carbonyl (C=O) groups is 2. The Kier molecular flexibility index (Phi) is 8.16. The molecule has 0 aliphatic carbocycles. The van der Waals surface area contributed by atoms with Gasteiger partial charge in [0.2, 0.25) is 5.91 Å². The van der Waals surface area contributed by atoms with Gasteiger partial charge in [-0.2, -0.15) is 0 Å². The molecule has 1 saturated heterocycles. The third-order valence-electron chi connectivity index (χ3n) is 5.07. The van der Waals surface area contributed by atoms with Gasteiger partial charge in [0.1, 0.15) is 0 Å². The highest BCUT2D eigenvalue weighted by molar-refractivity contribution is 5.92. The predicted molar refractivity (Wildman–Crippen MR) is 102 cm³/mol. The molecule has 1 amide bonds. The number of esters is 1. The van der Waals surface area contributed by atoms with E-state index in [1.165, 1.54) is 25.7 Å². The third-order valence-corrected chi connectivity index (χ3v) is 5.07. The first kappa shape index (κ1) is 20.5. The van der Waals surface area contributed by atoms with Gasteiger partial charge in [0.25, 0.3) is 0 Å². The summed E-state index contributed by atoms with van der Waals surface area (Å²) in [6.45, 7) is 9.85. The Morgan fingerprint density at radius 2 is 1.85 bits per heavy atom. The molecule has 6 nitrogen and oxygen atoms in total. The molecule has 146 valence electrons. The molecule has 0 atom stereocenters. The molecule has 0 unspecified atom stereocenters. The largest absolute Gasteiger partial charge is 0.462 e. The van der Waals surface area contributed by atoms with Gasteiger partial charge in [-0.25, -0.2) is 4.79 Å². The number of ether oxygens (including phenoxy) is 1. The van der Waals surface area contributed by atoms with Crippen LogP contribution in [0.25, 0.3) is 0 Å². The Morgan fingerprint density at radius 3 is 2.50 bits per heavy atom. The summed E-state index contributed by atoms with van der Waals surface area (Å²) in [5, 5.41) is 3.02. The van der Waals surface area contributed by atoms with Gasteiger partial charge >= 0.3 is 5.97 Å². The van der Waals surface area contributed by atoms with Crippen LogP contribution in [-0.2, 0) is 16.0 Å². The van der Waals surface area contributed by atoms with Crippen molar-refractivity contribution < 1.29 is 14.3 Å². The van der Waals surface area contributed by atoms with E-state index in [2.05, 4.69) is 15.2 Å². The Hall–Kier alpha value is -1.82. The summed E-state index contributed by atoms with van der Waals surface area (Å²) in [6, 6.07) is 0. The minimum Gasteiger partial charge on any atom is -0.462 e. The summed E-state index contributed by atoms with van der Waals surface area (Å²) in [4.78, 5) is 29.8. The van der Waals surface area contributed by atoms with Crippen molar-refractivity contribution >= 4 is 11.9 Å². The van der Waals surface area contributed by atoms with Gasteiger partial charge in [0.05, 0.1) is 12.2 Å². The molecule has 2 heterocycles. The summed E-state index contributed by atoms with van der Waals surface area (Å²) in [5.74, 6) is -0.240. The predicted octanol–water partition coefficient (Wildman–Crippen LogP) is 2.73. The van der Waals surface area contributed by atoms with Crippen molar-refractivity contribution in [3.8, 4) is 0 Å². The molecule has 1 aliphatic heterocycles. The molecule has 0 aromatic carbocycles. The zero-order valence-electron chi connectivity index (χ0n) is 16.5. The summed E-state index contributed by atoms with van der Waals surface area (Å²) >= 11 is 0. The van der Waals surface area contributed by atoms with Gasteiger partial charge < -0.3 is 19.9 Å². The number of carbonyl (C=O) groups excluding carboxylic acids is 2. The van der Waals surface area contributed by atoms with Crippen molar-refractivity contribution in [2.45, 2.75) is 59.3 Å². The molecular weight excluding hydrogens is 330 g/mol. The minimum absolute atomic E-state index is 0.0594. The molecule has 1 aromatic heterocycles. The van der Waals surface area contributed by atoms with E-state index >= 15 is 0 Å². The topological polar surface area (TPSA) is 74.4 Å². The first-order valence-electron chi connectivity index (χ1n) is 9.87. The van der Waals surface area contributed by atoms with Crippen LogP contribution in [0.4, 0.5) is 0 Å². The van der Waals surface area contributed by atoms with Crippen LogP contribution in [0.5, 0.6) is 0 Å². The van der Waals surface area contributed by atoms with Crippen LogP contribution in [0.3, 0.4) is 0 Å². The Morgan fingerprint density at radius 1 is 1.15 bits per heavy atom. The minimum atomic E-state index is -0.299. The Bertz CT molecular complexity index is 602. The number of aromatic nitrogens is 1. The molecule has 0 spiro atoms. The zero-order chi connectivity index (χ0) is 18.9. The highest BCUT2D eigenvalue weighted by Crippen LogP contribution is 2.20. The number of likely N-dealkylation sites (tertiary alicyclic amines) is 1. The molecule has 1 fully saturated rings. The van der Waals surface area contributed by atoms with Gasteiger partial charge in [-0.3, -0.25) is 4.79 Å². The van der Waals surface area contributed by atoms with Gasteiger partial charge in [-0.1, -0.05) is 12.8 Å². The van der Waals surface area contributed by atoms with Crippen molar-refractivity contribution in [3.05, 3.63) is 22.5 Å². The van der Waals surface area contributed by atoms with Crippen molar-refractivity contribution in [2.75, 3.05) is 32.8 Å². The van der Waals surface area contributed by atoms with E-state index in [0.29, 0.717) is 31.6 Å². The lowest BCUT2D eigenvalue weighted by Gasteiger charge is -2.19. The number of aromatic amines is 1. The van der Waals surface area contributed by atoms with Crippen LogP contribution in [0.15, 0.2) is 0 Å². The van der Waals surface area contributed by atoms with Gasteiger partial charge in [-0.05, 0) is 58.7 Å². The summed E-state index contributed by atoms with van der Waals surface area (Å²) in [6.07, 6.45) is 6.20. The Balaban J connectivity index is 1.76. The fourth-order valence-corrected chi connectivity index (χ4v) is 3.61. The van der Waals surface area contributed by atoms with Crippen LogP contribution in [0.2, 0.25) is 0 Å². The molecule has 1 aromatic rings. The number of aryl methyl sites for hydroxylation is 2. The summed E-state index contributed by atoms with van der Waals surface area (Å²) in [5.41, 5.74) is 3.23. The maximum atomic E-state index is 12.1. The van der Waals surface area contributed by atoms with E-state index in [0.717, 1.165) is 36.6 Å². The van der Waals surface area contributed by atoms with E-state index in [9.17, 15) is 9.59 Å². The fourth-order valence-electron chi connectivity index (χ4n) is 3.61. The van der Waals surface area contributed by atoms with Gasteiger partial charge in [0, 0.05) is 30.9 Å². The van der Waals surface area contributed by atoms with Crippen molar-refractivity contribution in [1.82, 2.24) is 15.2 Å². The standard InChI is InChI=1S/C20H33N3O3/c1-4-26-20(25)19-15(2)17(22-16(19)3)9-10-18(24)21-11-14-23-12-7-5-6-8-13-23/h22H,4-14H2,1-3H3,(H,21,24). The molecule has 1 aliphatic rings. The maximum absolute atomic E-state index is 12.1. The molecule has 0 saturated carbocycles. The molecule has 2 rings (SSSR count). The Labute approximate surface area is 156 Å². The van der Waals surface area contributed by atoms with Crippen LogP contribution in [0.1, 0.15) is 66.3 Å². The number of amides is 1. The number of hydrogen-bond acceptors (Lipinski definition) is 4. The van der Waals surface area contributed by atoms with Crippen molar-refractivity contribution in [3.63, 3.8) is 0 Å². The van der Waals surface area contributed by atoms with Crippen LogP contribution >= 0.6 is 0 Å². The van der Waals surface area contributed by atoms with Crippen LogP contribution in [0, 0.1) is 13.8 Å². The average molecular weight is 364 g/mol. The van der Waals surface area contributed by atoms with Crippen molar-refractivity contribution in [2.24, 2.45) is 0 Å². The van der Waals surface area contributed by atoms with Gasteiger partial charge in [0.15, 0.2) is 0 Å². The van der Waals surface area contributed by atoms with E-state index < -0.39 is 0 Å². The monoisotopic (exact) mass is 363 g/mol. The number of nitrogens with one attached hydrogen (secondary N) is 2. The molecule has 0 bridgehead atoms. The SMILES string of the molecule is CCOC(=O)c1c(C)[nH]c(CCC(=O)NCCN2CCCCCC2)c1C. The molecule has 0 radical (unpaired) electrons. The highest BCUT2D eigenvalue weighted by atomic mass is 16.5. The van der Waals surface area contributed by atoms with Gasteiger partial charge in [-0.15, -0.1) is 0 Å². The van der Waals surface area contributed by atoms with E-state index in [1.54, 1.807) is 6.92 Å². The zero-order valence-corrected chi connectivity index (χ0v) is 16.5. The number of H-pyrrole nitrogens is 1. The fraction of sp³-hybridized carbons (Fsp3) is 0.700. The third kappa shape index (κ3) is 5.87. The molecule has 6 heteroatoms. The van der Waals surface area contributed by atoms with E-state index in [4.69, 9.17) is 4.74 Å². The number of rotatable bonds is 8. The smallest absolute Gasteiger partial charge is 0.340 e. The van der Waals surface area contributed by atoms with E-state index in [1.807, 2.05) is 13.8 Å². The second-order valence-corrected chi connectivity index (χ2v) is 7.05. The first-order chi connectivity index (χ1) is 12.5. The lowest BCUT2D eigenvalue weighted by Crippen LogP contribution is -2.35. The molecule has 26 heavy (non-hydrogen) atoms. The second kappa shape index (κ2) is 10.4. The van der Waals surface area contributed by atoms with Crippen LogP contribution in [-0.4, -0.2) is 54.5 Å². The second-order valence-electron chi connectivity index (χ2n) is 7.05. The van der Waals surface area contributed by atoms with E-state index in [-0.39, 0.29) is 11.9 Å². The average Bonchev–Trinajstić information content (AvgIpc) is 2.78. The maximum Gasteiger partial charge on any atom is 0.340 e. The number of hydrogen-bond donors (Lipinski definition) is 2. The number of nitrogens with zero attached hydrogens (tertiary/aromatic N) is 1. The summed E-state index contributed by atoms with van der Waals surface area (Å²) < 4.78 is 5.11. The highest BCUT2D eigenvalue weighted by Gasteiger charge is 2.19. The molecule has 2 N–H and O–H groups in total. The normalized spacial score (nSPS) is 15.5. The van der Waals surface area contributed by atoms with Crippen LogP contribution < -0.4 is 5.32 Å².